The molecule has 2 heteroatoms. The average Bonchev–Trinajstić information content (AvgIpc) is 3.96. The number of hydrogen-bond donors (Lipinski definition) is 0. The lowest BCUT2D eigenvalue weighted by atomic mass is 9.70. The molecule has 2 aliphatic carbocycles. The molecule has 0 saturated carbocycles. The van der Waals surface area contributed by atoms with E-state index in [1.165, 1.54) is 72.0 Å². The lowest BCUT2D eigenvalue weighted by Gasteiger charge is -2.30. The quantitative estimate of drug-likeness (QED) is 0.173. The Labute approximate surface area is 354 Å². The van der Waals surface area contributed by atoms with Gasteiger partial charge in [0.25, 0.3) is 0 Å². The summed E-state index contributed by atoms with van der Waals surface area (Å²) in [5, 5.41) is 4.58. The maximum atomic E-state index is 6.30. The zero-order valence-electron chi connectivity index (χ0n) is 33.2. The maximum Gasteiger partial charge on any atom is 0.135 e. The summed E-state index contributed by atoms with van der Waals surface area (Å²) in [6.07, 6.45) is 0. The van der Waals surface area contributed by atoms with Gasteiger partial charge < -0.3 is 9.32 Å². The van der Waals surface area contributed by atoms with Gasteiger partial charge in [-0.25, -0.2) is 0 Å². The van der Waals surface area contributed by atoms with E-state index < -0.39 is 5.41 Å². The van der Waals surface area contributed by atoms with Crippen molar-refractivity contribution in [3.8, 4) is 44.5 Å². The molecule has 1 aromatic heterocycles. The Hall–Kier alpha value is -7.94. The average molecular weight is 776 g/mol. The Bertz CT molecular complexity index is 3510. The van der Waals surface area contributed by atoms with Crippen LogP contribution in [0.4, 0.5) is 17.1 Å². The molecule has 11 aromatic rings. The van der Waals surface area contributed by atoms with E-state index in [1.807, 2.05) is 12.1 Å². The minimum absolute atomic E-state index is 0.405. The number of benzene rings is 10. The molecule has 284 valence electrons. The van der Waals surface area contributed by atoms with Crippen LogP contribution in [0.5, 0.6) is 0 Å². The maximum absolute atomic E-state index is 6.30. The summed E-state index contributed by atoms with van der Waals surface area (Å²) in [5.41, 5.74) is 20.1. The van der Waals surface area contributed by atoms with Crippen molar-refractivity contribution in [1.29, 1.82) is 0 Å². The molecular weight excluding hydrogens is 739 g/mol. The number of nitrogens with zero attached hydrogens (tertiary/aromatic N) is 1. The number of para-hydroxylation sites is 2. The molecule has 0 aliphatic heterocycles. The standard InChI is InChI=1S/C59H37NO/c1-2-18-40(19-3-1)60(41-33-34-57-50(37-41)47-25-11-15-32-56(47)61-57)55-36-39(35-38-17-4-5-21-43(38)55)42-20-6-7-22-44(42)48-27-16-31-54-58(48)49-26-10-14-30-53(49)59(54)51-28-12-8-23-45(51)46-24-9-13-29-52(46)59/h1-37H. The third-order valence-electron chi connectivity index (χ3n) is 13.3. The first-order valence-corrected chi connectivity index (χ1v) is 21.1. The molecule has 0 bridgehead atoms. The van der Waals surface area contributed by atoms with Gasteiger partial charge in [0.15, 0.2) is 0 Å². The molecule has 61 heavy (non-hydrogen) atoms. The fraction of sp³-hybridized carbons (Fsp3) is 0.0169. The van der Waals surface area contributed by atoms with E-state index in [4.69, 9.17) is 4.42 Å². The summed E-state index contributed by atoms with van der Waals surface area (Å²) in [5.74, 6) is 0. The molecule has 2 nitrogen and oxygen atoms in total. The van der Waals surface area contributed by atoms with Crippen LogP contribution in [0.25, 0.3) is 77.2 Å². The summed E-state index contributed by atoms with van der Waals surface area (Å²) < 4.78 is 6.30. The van der Waals surface area contributed by atoms with Gasteiger partial charge >= 0.3 is 0 Å². The molecule has 10 aromatic carbocycles. The summed E-state index contributed by atoms with van der Waals surface area (Å²) >= 11 is 0. The summed E-state index contributed by atoms with van der Waals surface area (Å²) in [7, 11) is 0. The number of fused-ring (bicyclic) bond motifs is 14. The Morgan fingerprint density at radius 1 is 0.328 bits per heavy atom. The van der Waals surface area contributed by atoms with Crippen LogP contribution in [0.15, 0.2) is 229 Å². The number of rotatable bonds is 5. The zero-order valence-corrected chi connectivity index (χ0v) is 33.2. The predicted molar refractivity (Wildman–Crippen MR) is 253 cm³/mol. The monoisotopic (exact) mass is 775 g/mol. The Morgan fingerprint density at radius 2 is 0.885 bits per heavy atom. The van der Waals surface area contributed by atoms with Gasteiger partial charge in [-0.3, -0.25) is 0 Å². The van der Waals surface area contributed by atoms with Crippen LogP contribution < -0.4 is 4.90 Å². The molecule has 0 unspecified atom stereocenters. The Morgan fingerprint density at radius 3 is 1.66 bits per heavy atom. The highest BCUT2D eigenvalue weighted by Gasteiger charge is 2.52. The second-order valence-corrected chi connectivity index (χ2v) is 16.3. The molecule has 1 heterocycles. The van der Waals surface area contributed by atoms with Gasteiger partial charge in [0.1, 0.15) is 11.2 Å². The van der Waals surface area contributed by atoms with Crippen LogP contribution >= 0.6 is 0 Å². The molecule has 13 rings (SSSR count). The van der Waals surface area contributed by atoms with E-state index in [9.17, 15) is 0 Å². The normalized spacial score (nSPS) is 13.0. The van der Waals surface area contributed by atoms with Crippen LogP contribution in [0.3, 0.4) is 0 Å². The number of hydrogen-bond acceptors (Lipinski definition) is 2. The molecule has 0 fully saturated rings. The lowest BCUT2D eigenvalue weighted by molar-refractivity contribution is 0.669. The lowest BCUT2D eigenvalue weighted by Crippen LogP contribution is -2.25. The molecule has 0 saturated heterocycles. The highest BCUT2D eigenvalue weighted by atomic mass is 16.3. The first-order chi connectivity index (χ1) is 30.3. The van der Waals surface area contributed by atoms with E-state index in [0.717, 1.165) is 44.6 Å². The van der Waals surface area contributed by atoms with E-state index in [0.29, 0.717) is 0 Å². The minimum Gasteiger partial charge on any atom is -0.456 e. The van der Waals surface area contributed by atoms with E-state index >= 15 is 0 Å². The molecule has 0 amide bonds. The van der Waals surface area contributed by atoms with Gasteiger partial charge in [-0.2, -0.15) is 0 Å². The van der Waals surface area contributed by atoms with Crippen molar-refractivity contribution in [3.63, 3.8) is 0 Å². The molecule has 0 N–H and O–H groups in total. The smallest absolute Gasteiger partial charge is 0.135 e. The van der Waals surface area contributed by atoms with Gasteiger partial charge in [-0.15, -0.1) is 0 Å². The van der Waals surface area contributed by atoms with Crippen molar-refractivity contribution in [2.75, 3.05) is 4.90 Å². The van der Waals surface area contributed by atoms with Gasteiger partial charge in [0, 0.05) is 27.5 Å². The van der Waals surface area contributed by atoms with Crippen molar-refractivity contribution >= 4 is 49.8 Å². The summed E-state index contributed by atoms with van der Waals surface area (Å²) in [6, 6.07) is 82.4. The number of furan rings is 1. The summed E-state index contributed by atoms with van der Waals surface area (Å²) in [6.45, 7) is 0. The van der Waals surface area contributed by atoms with Gasteiger partial charge in [0.2, 0.25) is 0 Å². The van der Waals surface area contributed by atoms with Crippen LogP contribution in [0, 0.1) is 0 Å². The molecule has 2 aliphatic rings. The van der Waals surface area contributed by atoms with Crippen LogP contribution in [0.2, 0.25) is 0 Å². The molecule has 1 spiro atoms. The molecular formula is C59H37NO. The fourth-order valence-electron chi connectivity index (χ4n) is 10.8. The zero-order chi connectivity index (χ0) is 40.1. The third kappa shape index (κ3) is 4.79. The van der Waals surface area contributed by atoms with Gasteiger partial charge in [-0.05, 0) is 121 Å². The van der Waals surface area contributed by atoms with Crippen molar-refractivity contribution in [2.24, 2.45) is 0 Å². The minimum atomic E-state index is -0.405. The first kappa shape index (κ1) is 34.0. The topological polar surface area (TPSA) is 16.4 Å². The van der Waals surface area contributed by atoms with Crippen LogP contribution in [0.1, 0.15) is 22.3 Å². The second-order valence-electron chi connectivity index (χ2n) is 16.3. The number of anilines is 3. The Kier molecular flexibility index (Phi) is 7.26. The van der Waals surface area contributed by atoms with E-state index in [2.05, 4.69) is 217 Å². The van der Waals surface area contributed by atoms with Gasteiger partial charge in [-0.1, -0.05) is 176 Å². The second kappa shape index (κ2) is 13.0. The SMILES string of the molecule is c1ccc(N(c2ccc3oc4ccccc4c3c2)c2cc(-c3ccccc3-c3cccc4c3-c3ccccc3C43c4ccccc4-c4ccccc43)cc3ccccc23)cc1. The van der Waals surface area contributed by atoms with Crippen molar-refractivity contribution < 1.29 is 4.42 Å². The Balaban J connectivity index is 1.05. The van der Waals surface area contributed by atoms with Crippen molar-refractivity contribution in [2.45, 2.75) is 5.41 Å². The molecule has 0 atom stereocenters. The fourth-order valence-corrected chi connectivity index (χ4v) is 10.8. The van der Waals surface area contributed by atoms with Gasteiger partial charge in [0.05, 0.1) is 11.1 Å². The van der Waals surface area contributed by atoms with Crippen LogP contribution in [-0.4, -0.2) is 0 Å². The van der Waals surface area contributed by atoms with Crippen molar-refractivity contribution in [1.82, 2.24) is 0 Å². The van der Waals surface area contributed by atoms with E-state index in [1.54, 1.807) is 0 Å². The largest absolute Gasteiger partial charge is 0.456 e. The van der Waals surface area contributed by atoms with Crippen LogP contribution in [-0.2, 0) is 5.41 Å². The third-order valence-corrected chi connectivity index (χ3v) is 13.3. The summed E-state index contributed by atoms with van der Waals surface area (Å²) in [4.78, 5) is 2.41. The highest BCUT2D eigenvalue weighted by molar-refractivity contribution is 6.09. The predicted octanol–water partition coefficient (Wildman–Crippen LogP) is 15.9. The first-order valence-electron chi connectivity index (χ1n) is 21.1. The molecule has 0 radical (unpaired) electrons. The van der Waals surface area contributed by atoms with E-state index in [-0.39, 0.29) is 0 Å². The van der Waals surface area contributed by atoms with Crippen molar-refractivity contribution in [3.05, 3.63) is 247 Å². The highest BCUT2D eigenvalue weighted by Crippen LogP contribution is 2.64.